The number of morpholine rings is 2. The van der Waals surface area contributed by atoms with Gasteiger partial charge in [0.2, 0.25) is 0 Å². The lowest BCUT2D eigenvalue weighted by Crippen LogP contribution is -2.38. The molecule has 2 N–H and O–H groups in total. The molecule has 2 aliphatic rings. The highest BCUT2D eigenvalue weighted by Gasteiger charge is 2.17. The number of hydrogen-bond acceptors (Lipinski definition) is 9. The molecule has 0 amide bonds. The van der Waals surface area contributed by atoms with E-state index in [-0.39, 0.29) is 10.7 Å². The maximum absolute atomic E-state index is 10.7. The van der Waals surface area contributed by atoms with E-state index < -0.39 is 4.92 Å². The van der Waals surface area contributed by atoms with E-state index in [9.17, 15) is 10.1 Å². The number of nitrogens with two attached hydrogens (primary N) is 1. The Morgan fingerprint density at radius 3 is 1.81 bits per heavy atom. The van der Waals surface area contributed by atoms with Gasteiger partial charge in [-0.3, -0.25) is 19.9 Å². The normalized spacial score (nSPS) is 16.6. The fraction of sp³-hybridized carbons (Fsp3) is 0.500. The molecule has 0 unspecified atom stereocenters. The summed E-state index contributed by atoms with van der Waals surface area (Å²) in [6.45, 7) is 9.47. The maximum atomic E-state index is 10.7. The summed E-state index contributed by atoms with van der Waals surface area (Å²) < 4.78 is 21.7. The highest BCUT2D eigenvalue weighted by Crippen LogP contribution is 2.33. The fourth-order valence-corrected chi connectivity index (χ4v) is 4.04. The predicted octanol–water partition coefficient (Wildman–Crippen LogP) is 3.59. The Bertz CT molecular complexity index is 972. The predicted molar refractivity (Wildman–Crippen MR) is 139 cm³/mol. The van der Waals surface area contributed by atoms with E-state index in [0.29, 0.717) is 35.4 Å². The summed E-state index contributed by atoms with van der Waals surface area (Å²) in [5, 5.41) is 11.3. The van der Waals surface area contributed by atoms with Crippen molar-refractivity contribution >= 4 is 34.6 Å². The lowest BCUT2D eigenvalue weighted by atomic mass is 10.3. The molecule has 0 spiro atoms. The molecule has 0 radical (unpaired) electrons. The van der Waals surface area contributed by atoms with Crippen molar-refractivity contribution in [3.05, 3.63) is 56.6 Å². The van der Waals surface area contributed by atoms with Gasteiger partial charge in [0.05, 0.1) is 37.0 Å². The molecule has 2 aromatic carbocycles. The van der Waals surface area contributed by atoms with Crippen LogP contribution in [0.5, 0.6) is 11.5 Å². The van der Waals surface area contributed by atoms with Gasteiger partial charge in [-0.15, -0.1) is 0 Å². The van der Waals surface area contributed by atoms with Crippen LogP contribution >= 0.6 is 23.2 Å². The first-order chi connectivity index (χ1) is 17.5. The summed E-state index contributed by atoms with van der Waals surface area (Å²) in [5.74, 6) is 1.00. The third-order valence-electron chi connectivity index (χ3n) is 5.67. The van der Waals surface area contributed by atoms with Gasteiger partial charge in [0.1, 0.15) is 29.7 Å². The van der Waals surface area contributed by atoms with Crippen LogP contribution < -0.4 is 15.2 Å². The van der Waals surface area contributed by atoms with Crippen LogP contribution in [0.2, 0.25) is 10.0 Å². The van der Waals surface area contributed by atoms with Crippen LogP contribution in [-0.2, 0) is 9.47 Å². The van der Waals surface area contributed by atoms with E-state index in [1.165, 1.54) is 6.07 Å². The molecule has 2 aromatic rings. The summed E-state index contributed by atoms with van der Waals surface area (Å²) in [7, 11) is 0. The average Bonchev–Trinajstić information content (AvgIpc) is 2.89. The summed E-state index contributed by atoms with van der Waals surface area (Å²) >= 11 is 12.0. The zero-order chi connectivity index (χ0) is 25.8. The second kappa shape index (κ2) is 15.0. The van der Waals surface area contributed by atoms with Crippen molar-refractivity contribution in [2.45, 2.75) is 0 Å². The summed E-state index contributed by atoms with van der Waals surface area (Å²) in [6, 6.07) is 9.99. The Morgan fingerprint density at radius 2 is 1.31 bits per heavy atom. The summed E-state index contributed by atoms with van der Waals surface area (Å²) in [6.07, 6.45) is 0. The Hall–Kier alpha value is -2.34. The topological polar surface area (TPSA) is 113 Å². The van der Waals surface area contributed by atoms with Gasteiger partial charge in [0, 0.05) is 45.3 Å². The number of rotatable bonds is 9. The molecule has 36 heavy (non-hydrogen) atoms. The van der Waals surface area contributed by atoms with E-state index >= 15 is 0 Å². The number of hydrogen-bond donors (Lipinski definition) is 1. The van der Waals surface area contributed by atoms with Gasteiger partial charge in [0.25, 0.3) is 5.69 Å². The van der Waals surface area contributed by atoms with Crippen molar-refractivity contribution in [1.29, 1.82) is 0 Å². The van der Waals surface area contributed by atoms with Gasteiger partial charge < -0.3 is 24.7 Å². The molecule has 10 nitrogen and oxygen atoms in total. The number of benzene rings is 2. The highest BCUT2D eigenvalue weighted by molar-refractivity contribution is 6.34. The van der Waals surface area contributed by atoms with Crippen LogP contribution in [0.15, 0.2) is 36.4 Å². The molecule has 198 valence electrons. The Kier molecular flexibility index (Phi) is 11.8. The molecule has 2 aliphatic heterocycles. The molecular formula is C24H32Cl2N4O6. The minimum absolute atomic E-state index is 0.0504. The number of halogens is 2. The van der Waals surface area contributed by atoms with Crippen molar-refractivity contribution in [1.82, 2.24) is 9.80 Å². The first kappa shape index (κ1) is 28.2. The van der Waals surface area contributed by atoms with E-state index in [1.54, 1.807) is 18.2 Å². The van der Waals surface area contributed by atoms with Crippen molar-refractivity contribution in [3.63, 3.8) is 0 Å². The molecule has 0 saturated carbocycles. The van der Waals surface area contributed by atoms with E-state index in [2.05, 4.69) is 9.80 Å². The zero-order valence-corrected chi connectivity index (χ0v) is 21.6. The van der Waals surface area contributed by atoms with Gasteiger partial charge in [-0.05, 0) is 18.2 Å². The third kappa shape index (κ3) is 8.95. The van der Waals surface area contributed by atoms with Crippen LogP contribution in [0.3, 0.4) is 0 Å². The molecule has 0 aliphatic carbocycles. The van der Waals surface area contributed by atoms with Crippen molar-refractivity contribution in [2.24, 2.45) is 0 Å². The van der Waals surface area contributed by atoms with Crippen LogP contribution in [0.4, 0.5) is 11.4 Å². The monoisotopic (exact) mass is 542 g/mol. The van der Waals surface area contributed by atoms with Gasteiger partial charge in [-0.1, -0.05) is 35.3 Å². The minimum Gasteiger partial charge on any atom is -0.491 e. The van der Waals surface area contributed by atoms with E-state index in [1.807, 2.05) is 12.1 Å². The van der Waals surface area contributed by atoms with Crippen molar-refractivity contribution in [2.75, 3.05) is 84.6 Å². The van der Waals surface area contributed by atoms with E-state index in [4.69, 9.17) is 47.9 Å². The Labute approximate surface area is 220 Å². The molecule has 0 bridgehead atoms. The number of anilines is 1. The minimum atomic E-state index is -0.517. The van der Waals surface area contributed by atoms with Gasteiger partial charge in [0.15, 0.2) is 5.02 Å². The number of nitrogens with zero attached hydrogens (tertiary/aromatic N) is 3. The molecule has 0 atom stereocenters. The van der Waals surface area contributed by atoms with E-state index in [0.717, 1.165) is 65.7 Å². The second-order valence-corrected chi connectivity index (χ2v) is 8.87. The van der Waals surface area contributed by atoms with Crippen molar-refractivity contribution in [3.8, 4) is 11.5 Å². The molecule has 2 saturated heterocycles. The number of nitro groups is 1. The van der Waals surface area contributed by atoms with Crippen LogP contribution in [0, 0.1) is 10.1 Å². The fourth-order valence-electron chi connectivity index (χ4n) is 3.61. The van der Waals surface area contributed by atoms with Gasteiger partial charge in [-0.25, -0.2) is 0 Å². The molecule has 4 rings (SSSR count). The lowest BCUT2D eigenvalue weighted by Gasteiger charge is -2.26. The average molecular weight is 543 g/mol. The van der Waals surface area contributed by atoms with Gasteiger partial charge >= 0.3 is 0 Å². The third-order valence-corrected chi connectivity index (χ3v) is 6.45. The molecule has 2 fully saturated rings. The molecule has 0 aromatic heterocycles. The number of nitrogen functional groups attached to an aromatic ring is 1. The van der Waals surface area contributed by atoms with Gasteiger partial charge in [-0.2, -0.15) is 0 Å². The molecular weight excluding hydrogens is 511 g/mol. The molecule has 2 heterocycles. The van der Waals surface area contributed by atoms with Crippen LogP contribution in [0.1, 0.15) is 0 Å². The van der Waals surface area contributed by atoms with Crippen LogP contribution in [0.25, 0.3) is 0 Å². The quantitative estimate of drug-likeness (QED) is 0.288. The maximum Gasteiger partial charge on any atom is 0.291 e. The highest BCUT2D eigenvalue weighted by atomic mass is 35.5. The number of nitro benzene ring substituents is 1. The second-order valence-electron chi connectivity index (χ2n) is 8.11. The Morgan fingerprint density at radius 1 is 0.833 bits per heavy atom. The largest absolute Gasteiger partial charge is 0.491 e. The first-order valence-electron chi connectivity index (χ1n) is 11.8. The standard InChI is InChI=1S/C12H15ClN2O4.C12H17ClN2O2/c13-12-10(15(16)17)2-1-3-11(12)19-9-6-14-4-7-18-8-5-14;13-12-10(14)2-1-3-11(12)17-9-6-15-4-7-16-8-5-15/h1-3H,4-9H2;1-3H,4-9,14H2. The zero-order valence-electron chi connectivity index (χ0n) is 20.1. The SMILES string of the molecule is Nc1cccc(OCCN2CCOCC2)c1Cl.O=[N+]([O-])c1cccc(OCCN2CCOCC2)c1Cl. The Balaban J connectivity index is 0.000000202. The smallest absolute Gasteiger partial charge is 0.291 e. The summed E-state index contributed by atoms with van der Waals surface area (Å²) in [4.78, 5) is 14.7. The van der Waals surface area contributed by atoms with Crippen molar-refractivity contribution < 1.29 is 23.9 Å². The lowest BCUT2D eigenvalue weighted by molar-refractivity contribution is -0.384. The molecule has 12 heteroatoms. The summed E-state index contributed by atoms with van der Waals surface area (Å²) in [5.41, 5.74) is 6.11. The number of ether oxygens (including phenoxy) is 4. The first-order valence-corrected chi connectivity index (χ1v) is 12.5. The van der Waals surface area contributed by atoms with Crippen LogP contribution in [-0.4, -0.2) is 93.6 Å².